The summed E-state index contributed by atoms with van der Waals surface area (Å²) >= 11 is 6.18. The molecule has 0 radical (unpaired) electrons. The first-order valence-electron chi connectivity index (χ1n) is 8.89. The van der Waals surface area contributed by atoms with Crippen LogP contribution in [0.1, 0.15) is 19.4 Å². The molecule has 0 aliphatic carbocycles. The third kappa shape index (κ3) is 3.69. The topological polar surface area (TPSA) is 66.9 Å². The molecule has 0 N–H and O–H groups in total. The Morgan fingerprint density at radius 1 is 1.29 bits per heavy atom. The Hall–Kier alpha value is -2.25. The highest BCUT2D eigenvalue weighted by molar-refractivity contribution is 7.92. The first-order valence-corrected chi connectivity index (χ1v) is 11.1. The summed E-state index contributed by atoms with van der Waals surface area (Å²) in [7, 11) is -2.26. The summed E-state index contributed by atoms with van der Waals surface area (Å²) in [4.78, 5) is 15.0. The van der Waals surface area contributed by atoms with Crippen LogP contribution in [0.2, 0.25) is 5.02 Å². The van der Waals surface area contributed by atoms with Gasteiger partial charge in [0.2, 0.25) is 10.0 Å². The number of rotatable bonds is 5. The van der Waals surface area contributed by atoms with E-state index in [1.165, 1.54) is 13.2 Å². The summed E-state index contributed by atoms with van der Waals surface area (Å²) in [5.41, 5.74) is 2.22. The van der Waals surface area contributed by atoms with Crippen molar-refractivity contribution in [3.63, 3.8) is 0 Å². The van der Waals surface area contributed by atoms with Crippen molar-refractivity contribution in [2.24, 2.45) is 0 Å². The number of fused-ring (bicyclic) bond motifs is 1. The quantitative estimate of drug-likeness (QED) is 0.739. The van der Waals surface area contributed by atoms with Crippen molar-refractivity contribution in [3.8, 4) is 5.75 Å². The molecule has 1 heterocycles. The minimum absolute atomic E-state index is 0.0479. The second-order valence-corrected chi connectivity index (χ2v) is 9.21. The number of ether oxygens (including phenoxy) is 1. The highest BCUT2D eigenvalue weighted by Gasteiger charge is 2.38. The molecule has 28 heavy (non-hydrogen) atoms. The molecule has 2 atom stereocenters. The molecule has 1 aliphatic heterocycles. The first-order chi connectivity index (χ1) is 13.1. The van der Waals surface area contributed by atoms with E-state index in [1.807, 2.05) is 31.2 Å². The van der Waals surface area contributed by atoms with Crippen molar-refractivity contribution < 1.29 is 17.9 Å². The molecule has 3 rings (SSSR count). The summed E-state index contributed by atoms with van der Waals surface area (Å²) in [5, 5.41) is 0.271. The number of carbonyl (C=O) groups excluding carboxylic acids is 1. The van der Waals surface area contributed by atoms with Gasteiger partial charge in [-0.25, -0.2) is 8.42 Å². The summed E-state index contributed by atoms with van der Waals surface area (Å²) in [6.45, 7) is 3.55. The third-order valence-corrected chi connectivity index (χ3v) is 6.44. The number of carbonyl (C=O) groups is 1. The fraction of sp³-hybridized carbons (Fsp3) is 0.350. The maximum Gasteiger partial charge on any atom is 0.250 e. The van der Waals surface area contributed by atoms with Gasteiger partial charge < -0.3 is 9.64 Å². The van der Waals surface area contributed by atoms with Crippen LogP contribution in [0.3, 0.4) is 0 Å². The summed E-state index contributed by atoms with van der Waals surface area (Å²) < 4.78 is 31.4. The van der Waals surface area contributed by atoms with Crippen LogP contribution in [-0.2, 0) is 21.2 Å². The van der Waals surface area contributed by atoms with Crippen molar-refractivity contribution in [2.75, 3.05) is 22.6 Å². The lowest BCUT2D eigenvalue weighted by Crippen LogP contribution is -2.51. The number of nitrogens with zero attached hydrogens (tertiary/aromatic N) is 2. The molecule has 1 amide bonds. The number of benzene rings is 2. The van der Waals surface area contributed by atoms with Crippen LogP contribution in [0.15, 0.2) is 42.5 Å². The van der Waals surface area contributed by atoms with E-state index in [0.717, 1.165) is 28.2 Å². The molecule has 0 saturated heterocycles. The maximum absolute atomic E-state index is 13.4. The molecule has 0 spiro atoms. The van der Waals surface area contributed by atoms with Gasteiger partial charge in [-0.15, -0.1) is 0 Å². The monoisotopic (exact) mass is 422 g/mol. The van der Waals surface area contributed by atoms with Crippen LogP contribution in [0.25, 0.3) is 0 Å². The van der Waals surface area contributed by atoms with E-state index >= 15 is 0 Å². The summed E-state index contributed by atoms with van der Waals surface area (Å²) in [6, 6.07) is 11.4. The molecule has 6 nitrogen and oxygen atoms in total. The van der Waals surface area contributed by atoms with Gasteiger partial charge in [-0.2, -0.15) is 0 Å². The van der Waals surface area contributed by atoms with Gasteiger partial charge in [-0.05, 0) is 50.1 Å². The Labute approximate surface area is 170 Å². The molecule has 8 heteroatoms. The molecule has 0 saturated carbocycles. The van der Waals surface area contributed by atoms with Gasteiger partial charge in [0.1, 0.15) is 11.8 Å². The minimum atomic E-state index is -3.74. The number of para-hydroxylation sites is 1. The van der Waals surface area contributed by atoms with Crippen LogP contribution >= 0.6 is 11.6 Å². The number of amides is 1. The van der Waals surface area contributed by atoms with Gasteiger partial charge in [-0.3, -0.25) is 9.10 Å². The molecule has 2 unspecified atom stereocenters. The fourth-order valence-corrected chi connectivity index (χ4v) is 5.11. The van der Waals surface area contributed by atoms with E-state index in [9.17, 15) is 13.2 Å². The van der Waals surface area contributed by atoms with Gasteiger partial charge in [0.25, 0.3) is 5.91 Å². The minimum Gasteiger partial charge on any atom is -0.495 e. The molecule has 0 bridgehead atoms. The van der Waals surface area contributed by atoms with Crippen LogP contribution in [0, 0.1) is 0 Å². The number of sulfonamides is 1. The number of methoxy groups -OCH3 is 1. The summed E-state index contributed by atoms with van der Waals surface area (Å²) in [6.07, 6.45) is 1.82. The summed E-state index contributed by atoms with van der Waals surface area (Å²) in [5.74, 6) is 0.148. The molecule has 0 aromatic heterocycles. The van der Waals surface area contributed by atoms with E-state index in [2.05, 4.69) is 0 Å². The highest BCUT2D eigenvalue weighted by atomic mass is 35.5. The Morgan fingerprint density at radius 3 is 2.57 bits per heavy atom. The lowest BCUT2D eigenvalue weighted by Gasteiger charge is -2.33. The molecular formula is C20H23ClN2O4S. The van der Waals surface area contributed by atoms with Crippen molar-refractivity contribution in [1.29, 1.82) is 0 Å². The second kappa shape index (κ2) is 7.64. The van der Waals surface area contributed by atoms with Crippen molar-refractivity contribution in [2.45, 2.75) is 32.4 Å². The number of hydrogen-bond acceptors (Lipinski definition) is 4. The van der Waals surface area contributed by atoms with E-state index in [4.69, 9.17) is 16.3 Å². The number of anilines is 2. The van der Waals surface area contributed by atoms with Gasteiger partial charge in [0.05, 0.1) is 24.1 Å². The zero-order valence-electron chi connectivity index (χ0n) is 16.2. The number of halogens is 1. The predicted molar refractivity (Wildman–Crippen MR) is 112 cm³/mol. The smallest absolute Gasteiger partial charge is 0.250 e. The molecule has 0 fully saturated rings. The Bertz CT molecular complexity index is 1010. The Morgan fingerprint density at radius 2 is 1.96 bits per heavy atom. The maximum atomic E-state index is 13.4. The predicted octanol–water partition coefficient (Wildman–Crippen LogP) is 3.48. The average Bonchev–Trinajstić information content (AvgIpc) is 2.95. The van der Waals surface area contributed by atoms with Crippen LogP contribution in [-0.4, -0.2) is 39.8 Å². The third-order valence-electron chi connectivity index (χ3n) is 4.90. The zero-order valence-corrected chi connectivity index (χ0v) is 17.8. The Balaban J connectivity index is 2.00. The van der Waals surface area contributed by atoms with Gasteiger partial charge in [-0.1, -0.05) is 29.8 Å². The molecule has 1 aliphatic rings. The zero-order chi connectivity index (χ0) is 20.6. The lowest BCUT2D eigenvalue weighted by molar-refractivity contribution is -0.119. The lowest BCUT2D eigenvalue weighted by atomic mass is 10.1. The van der Waals surface area contributed by atoms with E-state index in [-0.39, 0.29) is 17.0 Å². The van der Waals surface area contributed by atoms with Crippen molar-refractivity contribution in [1.82, 2.24) is 0 Å². The normalized spacial score (nSPS) is 17.2. The largest absolute Gasteiger partial charge is 0.495 e. The highest BCUT2D eigenvalue weighted by Crippen LogP contribution is 2.35. The van der Waals surface area contributed by atoms with E-state index < -0.39 is 16.1 Å². The van der Waals surface area contributed by atoms with Crippen molar-refractivity contribution >= 4 is 38.9 Å². The molecular weight excluding hydrogens is 400 g/mol. The molecule has 2 aromatic carbocycles. The van der Waals surface area contributed by atoms with Crippen LogP contribution in [0.4, 0.5) is 11.4 Å². The van der Waals surface area contributed by atoms with Gasteiger partial charge >= 0.3 is 0 Å². The van der Waals surface area contributed by atoms with Crippen LogP contribution < -0.4 is 13.9 Å². The molecule has 150 valence electrons. The standard InChI is InChI=1S/C20H23ClN2O4S/c1-13-11-15-7-5-6-8-18(15)22(13)20(24)14(2)23(28(4,25)26)16-9-10-19(27-3)17(21)12-16/h5-10,12-14H,11H2,1-4H3. The van der Waals surface area contributed by atoms with E-state index in [0.29, 0.717) is 11.4 Å². The average molecular weight is 423 g/mol. The fourth-order valence-electron chi connectivity index (χ4n) is 3.70. The van der Waals surface area contributed by atoms with Crippen molar-refractivity contribution in [3.05, 3.63) is 53.1 Å². The second-order valence-electron chi connectivity index (χ2n) is 6.94. The van der Waals surface area contributed by atoms with Crippen LogP contribution in [0.5, 0.6) is 5.75 Å². The Kier molecular flexibility index (Phi) is 5.59. The van der Waals surface area contributed by atoms with Gasteiger partial charge in [0.15, 0.2) is 0 Å². The SMILES string of the molecule is COc1ccc(N(C(C)C(=O)N2c3ccccc3CC2C)S(C)(=O)=O)cc1Cl. The van der Waals surface area contributed by atoms with Gasteiger partial charge in [0, 0.05) is 11.7 Å². The number of hydrogen-bond donors (Lipinski definition) is 0. The first kappa shape index (κ1) is 20.5. The molecule has 2 aromatic rings. The van der Waals surface area contributed by atoms with E-state index in [1.54, 1.807) is 24.0 Å².